The van der Waals surface area contributed by atoms with Crippen molar-refractivity contribution in [2.45, 2.75) is 66.7 Å². The highest BCUT2D eigenvalue weighted by atomic mass is 32.2. The Labute approximate surface area is 386 Å². The Hall–Kier alpha value is -6.95. The van der Waals surface area contributed by atoms with Crippen LogP contribution in [0.2, 0.25) is 0 Å². The van der Waals surface area contributed by atoms with Gasteiger partial charge in [0.05, 0.1) is 28.4 Å². The van der Waals surface area contributed by atoms with E-state index in [0.717, 1.165) is 10.1 Å². The van der Waals surface area contributed by atoms with Crippen molar-refractivity contribution in [1.82, 2.24) is 25.2 Å². The molecule has 0 aromatic carbocycles. The second-order valence-electron chi connectivity index (χ2n) is 16.4. The Kier molecular flexibility index (Phi) is 15.8. The fourth-order valence-corrected chi connectivity index (χ4v) is 7.55. The summed E-state index contributed by atoms with van der Waals surface area (Å²) in [7, 11) is -1.76. The van der Waals surface area contributed by atoms with Crippen molar-refractivity contribution in [3.63, 3.8) is 0 Å². The number of imide groups is 2. The lowest BCUT2D eigenvalue weighted by molar-refractivity contribution is -0.211. The minimum absolute atomic E-state index is 0.0203. The third-order valence-corrected chi connectivity index (χ3v) is 11.7. The average Bonchev–Trinajstić information content (AvgIpc) is 3.91. The molecule has 5 rings (SSSR count). The highest BCUT2D eigenvalue weighted by Crippen LogP contribution is 2.45. The average molecular weight is 950 g/mol. The van der Waals surface area contributed by atoms with Gasteiger partial charge >= 0.3 is 11.9 Å². The molecule has 0 saturated carbocycles. The second kappa shape index (κ2) is 20.7. The fourth-order valence-electron chi connectivity index (χ4n) is 7.05. The Bertz CT molecular complexity index is 2540. The van der Waals surface area contributed by atoms with E-state index in [-0.39, 0.29) is 49.8 Å². The minimum atomic E-state index is -4.30. The molecule has 2 fully saturated rings. The first kappa shape index (κ1) is 51.0. The summed E-state index contributed by atoms with van der Waals surface area (Å²) in [6.45, 7) is 11.8. The van der Waals surface area contributed by atoms with Crippen LogP contribution in [0.5, 0.6) is 0 Å². The van der Waals surface area contributed by atoms with Crippen molar-refractivity contribution >= 4 is 69.0 Å². The van der Waals surface area contributed by atoms with Gasteiger partial charge in [-0.15, -0.1) is 10.1 Å². The molecule has 5 heterocycles. The summed E-state index contributed by atoms with van der Waals surface area (Å²) in [5, 5.41) is 2.35. The number of hydrogen-bond donors (Lipinski definition) is 1. The van der Waals surface area contributed by atoms with Gasteiger partial charge in [0.1, 0.15) is 5.84 Å². The number of carbonyl (C=O) groups excluding carboxylic acids is 8. The predicted molar refractivity (Wildman–Crippen MR) is 235 cm³/mol. The van der Waals surface area contributed by atoms with Crippen molar-refractivity contribution in [2.24, 2.45) is 20.8 Å². The van der Waals surface area contributed by atoms with E-state index in [9.17, 15) is 51.3 Å². The summed E-state index contributed by atoms with van der Waals surface area (Å²) >= 11 is 0. The van der Waals surface area contributed by atoms with Crippen LogP contribution in [0.1, 0.15) is 66.7 Å². The SMILES string of the molecule is C=C1N=C(/C=C/C=C/C=C2/N=C3C(=CC(C(=O)N(C)OCC(=O)ON4C(=O)CCC4=O)=CN3CCCS(=O)(=O)O)C2(C)C)C(C)(C)/C1=C/C(=C\C)C(=O)N(C)OCC(=O)ON1C(=O)CCC1=O. The number of fused-ring (bicyclic) bond motifs is 1. The molecule has 23 heteroatoms. The number of nitrogens with zero attached hydrogens (tertiary/aromatic N) is 7. The Morgan fingerprint density at radius 2 is 1.39 bits per heavy atom. The molecule has 2 saturated heterocycles. The van der Waals surface area contributed by atoms with E-state index in [0.29, 0.717) is 44.2 Å². The summed E-state index contributed by atoms with van der Waals surface area (Å²) in [5.74, 6) is -6.22. The zero-order chi connectivity index (χ0) is 49.6. The van der Waals surface area contributed by atoms with E-state index >= 15 is 0 Å². The molecular formula is C44H51N7O15S. The van der Waals surface area contributed by atoms with Crippen molar-refractivity contribution in [3.05, 3.63) is 95.1 Å². The van der Waals surface area contributed by atoms with Gasteiger partial charge in [-0.3, -0.25) is 48.0 Å². The molecule has 5 aliphatic heterocycles. The summed E-state index contributed by atoms with van der Waals surface area (Å²) in [5.41, 5.74) is 1.65. The van der Waals surface area contributed by atoms with Gasteiger partial charge < -0.3 is 14.6 Å². The minimum Gasteiger partial charge on any atom is -0.332 e. The summed E-state index contributed by atoms with van der Waals surface area (Å²) < 4.78 is 32.5. The maximum atomic E-state index is 13.6. The maximum absolute atomic E-state index is 13.6. The van der Waals surface area contributed by atoms with Gasteiger partial charge in [-0.2, -0.15) is 8.42 Å². The number of hydroxylamine groups is 8. The first-order chi connectivity index (χ1) is 31.3. The molecule has 0 radical (unpaired) electrons. The van der Waals surface area contributed by atoms with Crippen molar-refractivity contribution in [2.75, 3.05) is 39.6 Å². The summed E-state index contributed by atoms with van der Waals surface area (Å²) in [6.07, 6.45) is 14.7. The van der Waals surface area contributed by atoms with Crippen molar-refractivity contribution in [1.29, 1.82) is 0 Å². The van der Waals surface area contributed by atoms with Gasteiger partial charge in [-0.25, -0.2) is 24.7 Å². The van der Waals surface area contributed by atoms with Crippen LogP contribution in [0, 0.1) is 10.8 Å². The van der Waals surface area contributed by atoms with Crippen molar-refractivity contribution < 1.29 is 70.7 Å². The zero-order valence-corrected chi connectivity index (χ0v) is 38.8. The number of allylic oxidation sites excluding steroid dienone is 8. The first-order valence-corrected chi connectivity index (χ1v) is 22.4. The van der Waals surface area contributed by atoms with E-state index in [1.54, 1.807) is 60.4 Å². The smallest absolute Gasteiger partial charge is 0.332 e. The highest BCUT2D eigenvalue weighted by molar-refractivity contribution is 7.85. The molecule has 67 heavy (non-hydrogen) atoms. The number of aliphatic imine (C=N–C) groups is 2. The van der Waals surface area contributed by atoms with Gasteiger partial charge in [-0.1, -0.05) is 58.6 Å². The van der Waals surface area contributed by atoms with E-state index in [2.05, 4.69) is 11.6 Å². The third kappa shape index (κ3) is 12.1. The van der Waals surface area contributed by atoms with Gasteiger partial charge in [0.2, 0.25) is 0 Å². The predicted octanol–water partition coefficient (Wildman–Crippen LogP) is 2.69. The molecule has 6 amide bonds. The topological polar surface area (TPSA) is 269 Å². The fraction of sp³-hybridized carbons (Fsp3) is 0.409. The van der Waals surface area contributed by atoms with E-state index in [4.69, 9.17) is 24.3 Å². The number of likely N-dealkylation sites (N-methyl/N-ethyl adjacent to an activating group) is 2. The van der Waals surface area contributed by atoms with Crippen LogP contribution < -0.4 is 0 Å². The van der Waals surface area contributed by atoms with Crippen LogP contribution in [0.3, 0.4) is 0 Å². The first-order valence-electron chi connectivity index (χ1n) is 20.8. The van der Waals surface area contributed by atoms with Gasteiger partial charge in [0.15, 0.2) is 13.2 Å². The lowest BCUT2D eigenvalue weighted by atomic mass is 9.80. The molecule has 5 aliphatic rings. The molecule has 358 valence electrons. The molecule has 1 N–H and O–H groups in total. The maximum Gasteiger partial charge on any atom is 0.361 e. The number of amides is 6. The summed E-state index contributed by atoms with van der Waals surface area (Å²) in [4.78, 5) is 130. The van der Waals surface area contributed by atoms with Gasteiger partial charge in [0.25, 0.3) is 45.6 Å². The third-order valence-electron chi connectivity index (χ3n) is 10.9. The molecule has 0 aromatic rings. The molecule has 0 spiro atoms. The molecule has 0 bridgehead atoms. The van der Waals surface area contributed by atoms with Crippen LogP contribution >= 0.6 is 0 Å². The van der Waals surface area contributed by atoms with E-state index in [1.165, 1.54) is 20.3 Å². The second-order valence-corrected chi connectivity index (χ2v) is 18.0. The monoisotopic (exact) mass is 949 g/mol. The zero-order valence-electron chi connectivity index (χ0n) is 38.0. The van der Waals surface area contributed by atoms with Crippen molar-refractivity contribution in [3.8, 4) is 0 Å². The standard InChI is InChI=1S/C44H51N7O15S/c1-9-28(41(58)47(7)63-25-38(56)65-50-34(52)16-17-35(50)53)22-30-27(2)45-32(43(30,3)4)14-11-10-12-15-33-44(5,6)31-23-29(24-49(40(31)46-33)20-13-21-67(60,61)62)42(59)48(8)64-26-39(57)66-51-36(54)18-19-37(51)55/h9-12,14-15,22-24H,2,13,16-21,25-26H2,1,3-8H3,(H,60,61,62)/b12-10+,14-11+,28-9+,30-22+,33-15+. The Balaban J connectivity index is 1.25. The van der Waals surface area contributed by atoms with Crippen LogP contribution in [-0.4, -0.2) is 137 Å². The Morgan fingerprint density at radius 3 is 1.93 bits per heavy atom. The van der Waals surface area contributed by atoms with Crippen LogP contribution in [0.4, 0.5) is 0 Å². The quantitative estimate of drug-likeness (QED) is 0.0680. The van der Waals surface area contributed by atoms with Gasteiger partial charge in [0, 0.05) is 74.5 Å². The van der Waals surface area contributed by atoms with E-state index in [1.807, 2.05) is 27.7 Å². The molecule has 0 unspecified atom stereocenters. The molecule has 22 nitrogen and oxygen atoms in total. The number of rotatable bonds is 18. The molecular weight excluding hydrogens is 899 g/mol. The molecule has 0 aromatic heterocycles. The highest BCUT2D eigenvalue weighted by Gasteiger charge is 2.42. The van der Waals surface area contributed by atoms with Crippen LogP contribution in [0.25, 0.3) is 0 Å². The Morgan fingerprint density at radius 1 is 0.836 bits per heavy atom. The number of carbonyl (C=O) groups is 8. The van der Waals surface area contributed by atoms with Gasteiger partial charge in [-0.05, 0) is 43.2 Å². The summed E-state index contributed by atoms with van der Waals surface area (Å²) in [6, 6.07) is 0. The lowest BCUT2D eigenvalue weighted by Crippen LogP contribution is -2.38. The largest absolute Gasteiger partial charge is 0.361 e. The molecule has 0 atom stereocenters. The van der Waals surface area contributed by atoms with Crippen LogP contribution in [0.15, 0.2) is 105 Å². The lowest BCUT2D eigenvalue weighted by Gasteiger charge is -2.31. The van der Waals surface area contributed by atoms with Crippen LogP contribution in [-0.2, 0) is 67.8 Å². The van der Waals surface area contributed by atoms with E-state index < -0.39 is 87.3 Å². The molecule has 0 aliphatic carbocycles. The normalized spacial score (nSPS) is 20.6. The number of amidine groups is 1. The number of hydrogen-bond acceptors (Lipinski definition) is 17.